The average Bonchev–Trinajstić information content (AvgIpc) is 3.36. The Morgan fingerprint density at radius 1 is 1.20 bits per heavy atom. The van der Waals surface area contributed by atoms with Gasteiger partial charge in [0.15, 0.2) is 0 Å². The van der Waals surface area contributed by atoms with Gasteiger partial charge in [-0.05, 0) is 60.0 Å². The van der Waals surface area contributed by atoms with Crippen LogP contribution in [0.3, 0.4) is 0 Å². The van der Waals surface area contributed by atoms with Gasteiger partial charge in [0.25, 0.3) is 5.91 Å². The Hall–Kier alpha value is -3.03. The monoisotopic (exact) mass is 337 g/mol. The smallest absolute Gasteiger partial charge is 0.254 e. The molecular formula is C17H19N7O. The van der Waals surface area contributed by atoms with E-state index in [0.717, 1.165) is 38.0 Å². The molecule has 1 atom stereocenters. The second-order valence-corrected chi connectivity index (χ2v) is 6.18. The van der Waals surface area contributed by atoms with Crippen molar-refractivity contribution in [2.24, 2.45) is 0 Å². The van der Waals surface area contributed by atoms with Gasteiger partial charge in [-0.2, -0.15) is 5.10 Å². The maximum absolute atomic E-state index is 13.0. The van der Waals surface area contributed by atoms with E-state index in [-0.39, 0.29) is 11.9 Å². The highest BCUT2D eigenvalue weighted by Gasteiger charge is 2.27. The van der Waals surface area contributed by atoms with Crippen LogP contribution in [0.5, 0.6) is 0 Å². The molecule has 0 radical (unpaired) electrons. The molecule has 0 spiro atoms. The number of carbonyl (C=O) groups is 1. The summed E-state index contributed by atoms with van der Waals surface area (Å²) in [5.41, 5.74) is 1.51. The molecule has 3 heterocycles. The minimum Gasteiger partial charge on any atom is -0.334 e. The third-order valence-electron chi connectivity index (χ3n) is 4.57. The van der Waals surface area contributed by atoms with Gasteiger partial charge in [-0.15, -0.1) is 5.10 Å². The fraction of sp³-hybridized carbons (Fsp3) is 0.353. The lowest BCUT2D eigenvalue weighted by Crippen LogP contribution is -2.45. The fourth-order valence-electron chi connectivity index (χ4n) is 3.28. The number of likely N-dealkylation sites (tertiary alicyclic amines) is 1. The summed E-state index contributed by atoms with van der Waals surface area (Å²) in [6, 6.07) is 9.47. The molecule has 1 fully saturated rings. The molecule has 25 heavy (non-hydrogen) atoms. The van der Waals surface area contributed by atoms with Crippen LogP contribution in [0.25, 0.3) is 5.69 Å². The van der Waals surface area contributed by atoms with Crippen molar-refractivity contribution in [1.82, 2.24) is 34.9 Å². The molecule has 0 bridgehead atoms. The average molecular weight is 337 g/mol. The summed E-state index contributed by atoms with van der Waals surface area (Å²) in [4.78, 5) is 15.0. The molecule has 8 nitrogen and oxygen atoms in total. The van der Waals surface area contributed by atoms with Gasteiger partial charge in [0.05, 0.1) is 18.3 Å². The summed E-state index contributed by atoms with van der Waals surface area (Å²) in [7, 11) is 0. The minimum absolute atomic E-state index is 0.0696. The zero-order valence-corrected chi connectivity index (χ0v) is 13.8. The highest BCUT2D eigenvalue weighted by Crippen LogP contribution is 2.21. The molecule has 4 rings (SSSR count). The Bertz CT molecular complexity index is 811. The number of tetrazole rings is 1. The summed E-state index contributed by atoms with van der Waals surface area (Å²) in [6.07, 6.45) is 8.44. The Morgan fingerprint density at radius 2 is 2.08 bits per heavy atom. The zero-order chi connectivity index (χ0) is 17.1. The Kier molecular flexibility index (Phi) is 4.24. The van der Waals surface area contributed by atoms with Gasteiger partial charge < -0.3 is 4.90 Å². The predicted octanol–water partition coefficient (Wildman–Crippen LogP) is 1.55. The van der Waals surface area contributed by atoms with Gasteiger partial charge >= 0.3 is 0 Å². The molecule has 1 aliphatic rings. The first kappa shape index (κ1) is 15.5. The largest absolute Gasteiger partial charge is 0.334 e. The van der Waals surface area contributed by atoms with Crippen LogP contribution in [0.15, 0.2) is 49.1 Å². The number of aromatic nitrogens is 6. The normalized spacial score (nSPS) is 17.6. The van der Waals surface area contributed by atoms with E-state index >= 15 is 0 Å². The SMILES string of the molecule is O=C(c1ccc(-n2cnnn2)cc1)N1CCCCC1Cn1cccn1. The standard InChI is InChI=1S/C17H19N7O/c25-17(14-5-7-15(8-6-14)24-13-18-20-21-24)23-11-2-1-4-16(23)12-22-10-3-9-19-22/h3,5-10,13,16H,1-2,4,11-12H2. The zero-order valence-electron chi connectivity index (χ0n) is 13.8. The Balaban J connectivity index is 1.51. The second-order valence-electron chi connectivity index (χ2n) is 6.18. The minimum atomic E-state index is 0.0696. The van der Waals surface area contributed by atoms with Gasteiger partial charge in [-0.3, -0.25) is 9.48 Å². The van der Waals surface area contributed by atoms with Crippen molar-refractivity contribution >= 4 is 5.91 Å². The highest BCUT2D eigenvalue weighted by atomic mass is 16.2. The third kappa shape index (κ3) is 3.28. The molecule has 0 N–H and O–H groups in total. The molecule has 1 aromatic carbocycles. The third-order valence-corrected chi connectivity index (χ3v) is 4.57. The topological polar surface area (TPSA) is 81.7 Å². The lowest BCUT2D eigenvalue weighted by molar-refractivity contribution is 0.0584. The van der Waals surface area contributed by atoms with E-state index in [9.17, 15) is 4.79 Å². The molecule has 2 aromatic heterocycles. The van der Waals surface area contributed by atoms with E-state index in [1.807, 2.05) is 46.1 Å². The molecule has 0 aliphatic carbocycles. The van der Waals surface area contributed by atoms with Gasteiger partial charge in [0, 0.05) is 24.5 Å². The molecule has 1 amide bonds. The first-order valence-electron chi connectivity index (χ1n) is 8.43. The number of piperidine rings is 1. The number of benzene rings is 1. The van der Waals surface area contributed by atoms with Crippen LogP contribution in [0, 0.1) is 0 Å². The molecule has 1 saturated heterocycles. The molecular weight excluding hydrogens is 318 g/mol. The van der Waals surface area contributed by atoms with Crippen molar-refractivity contribution in [3.63, 3.8) is 0 Å². The summed E-state index contributed by atoms with van der Waals surface area (Å²) in [5, 5.41) is 15.4. The maximum Gasteiger partial charge on any atom is 0.254 e. The summed E-state index contributed by atoms with van der Waals surface area (Å²) in [6.45, 7) is 1.53. The van der Waals surface area contributed by atoms with Crippen LogP contribution in [0.1, 0.15) is 29.6 Å². The molecule has 8 heteroatoms. The van der Waals surface area contributed by atoms with Crippen LogP contribution in [0.2, 0.25) is 0 Å². The van der Waals surface area contributed by atoms with Crippen LogP contribution in [0.4, 0.5) is 0 Å². The van der Waals surface area contributed by atoms with Crippen molar-refractivity contribution in [2.75, 3.05) is 6.54 Å². The Morgan fingerprint density at radius 3 is 2.80 bits per heavy atom. The summed E-state index contributed by atoms with van der Waals surface area (Å²) < 4.78 is 3.47. The maximum atomic E-state index is 13.0. The van der Waals surface area contributed by atoms with E-state index in [4.69, 9.17) is 0 Å². The van der Waals surface area contributed by atoms with Crippen molar-refractivity contribution < 1.29 is 4.79 Å². The van der Waals surface area contributed by atoms with E-state index in [1.54, 1.807) is 10.9 Å². The van der Waals surface area contributed by atoms with E-state index in [1.165, 1.54) is 6.33 Å². The van der Waals surface area contributed by atoms with Crippen molar-refractivity contribution in [1.29, 1.82) is 0 Å². The lowest BCUT2D eigenvalue weighted by Gasteiger charge is -2.35. The summed E-state index contributed by atoms with van der Waals surface area (Å²) in [5.74, 6) is 0.0696. The number of amides is 1. The number of rotatable bonds is 4. The molecule has 3 aromatic rings. The summed E-state index contributed by atoms with van der Waals surface area (Å²) >= 11 is 0. The number of hydrogen-bond acceptors (Lipinski definition) is 5. The van der Waals surface area contributed by atoms with Crippen LogP contribution in [-0.2, 0) is 6.54 Å². The van der Waals surface area contributed by atoms with E-state index < -0.39 is 0 Å². The molecule has 1 aliphatic heterocycles. The first-order chi connectivity index (χ1) is 12.3. The van der Waals surface area contributed by atoms with Crippen LogP contribution >= 0.6 is 0 Å². The molecule has 0 saturated carbocycles. The number of carbonyl (C=O) groups excluding carboxylic acids is 1. The van der Waals surface area contributed by atoms with Gasteiger partial charge in [0.1, 0.15) is 6.33 Å². The van der Waals surface area contributed by atoms with E-state index in [0.29, 0.717) is 5.56 Å². The fourth-order valence-corrected chi connectivity index (χ4v) is 3.28. The number of hydrogen-bond donors (Lipinski definition) is 0. The van der Waals surface area contributed by atoms with E-state index in [2.05, 4.69) is 20.6 Å². The predicted molar refractivity (Wildman–Crippen MR) is 90.1 cm³/mol. The van der Waals surface area contributed by atoms with Crippen molar-refractivity contribution in [2.45, 2.75) is 31.8 Å². The molecule has 1 unspecified atom stereocenters. The van der Waals surface area contributed by atoms with Crippen LogP contribution in [-0.4, -0.2) is 53.4 Å². The quantitative estimate of drug-likeness (QED) is 0.721. The lowest BCUT2D eigenvalue weighted by atomic mass is 10.0. The van der Waals surface area contributed by atoms with Gasteiger partial charge in [0.2, 0.25) is 0 Å². The van der Waals surface area contributed by atoms with Crippen molar-refractivity contribution in [3.8, 4) is 5.69 Å². The van der Waals surface area contributed by atoms with Crippen molar-refractivity contribution in [3.05, 3.63) is 54.6 Å². The molecule has 128 valence electrons. The first-order valence-corrected chi connectivity index (χ1v) is 8.43. The highest BCUT2D eigenvalue weighted by molar-refractivity contribution is 5.94. The second kappa shape index (κ2) is 6.84. The number of nitrogens with zero attached hydrogens (tertiary/aromatic N) is 7. The van der Waals surface area contributed by atoms with Gasteiger partial charge in [-0.25, -0.2) is 4.68 Å². The van der Waals surface area contributed by atoms with Crippen LogP contribution < -0.4 is 0 Å². The Labute approximate surface area is 145 Å². The van der Waals surface area contributed by atoms with Gasteiger partial charge in [-0.1, -0.05) is 0 Å².